The van der Waals surface area contributed by atoms with Crippen molar-refractivity contribution in [1.82, 2.24) is 0 Å². The summed E-state index contributed by atoms with van der Waals surface area (Å²) in [6.45, 7) is 0. The van der Waals surface area contributed by atoms with Gasteiger partial charge in [-0.15, -0.1) is 0 Å². The van der Waals surface area contributed by atoms with Crippen LogP contribution in [-0.4, -0.2) is 5.11 Å². The third kappa shape index (κ3) is 1.39. The molecule has 0 aromatic heterocycles. The van der Waals surface area contributed by atoms with Crippen LogP contribution < -0.4 is 0 Å². The molecule has 0 saturated carbocycles. The summed E-state index contributed by atoms with van der Waals surface area (Å²) in [5.74, 6) is 0.323. The minimum Gasteiger partial charge on any atom is -0.508 e. The molecule has 0 saturated heterocycles. The lowest BCUT2D eigenvalue weighted by molar-refractivity contribution is 0.476. The standard InChI is InChI=1S/C10H7IO/c11-9-3-1-8-6-10(12)4-2-7(8)5-9/h1-6,12H. The molecule has 0 fully saturated rings. The number of phenolic OH excluding ortho intramolecular Hbond substituents is 1. The van der Waals surface area contributed by atoms with E-state index in [4.69, 9.17) is 0 Å². The minimum atomic E-state index is 0.323. The molecule has 0 bridgehead atoms. The summed E-state index contributed by atoms with van der Waals surface area (Å²) in [5, 5.41) is 11.4. The van der Waals surface area contributed by atoms with Crippen LogP contribution in [0.25, 0.3) is 10.8 Å². The van der Waals surface area contributed by atoms with Gasteiger partial charge in [-0.1, -0.05) is 12.1 Å². The van der Waals surface area contributed by atoms with Crippen LogP contribution in [-0.2, 0) is 0 Å². The van der Waals surface area contributed by atoms with E-state index < -0.39 is 0 Å². The van der Waals surface area contributed by atoms with E-state index in [0.29, 0.717) is 5.75 Å². The van der Waals surface area contributed by atoms with E-state index in [1.54, 1.807) is 12.1 Å². The van der Waals surface area contributed by atoms with Crippen molar-refractivity contribution in [3.63, 3.8) is 0 Å². The van der Waals surface area contributed by atoms with Crippen LogP contribution in [0.1, 0.15) is 0 Å². The van der Waals surface area contributed by atoms with Gasteiger partial charge in [-0.25, -0.2) is 0 Å². The molecular formula is C10H7IO. The summed E-state index contributed by atoms with van der Waals surface area (Å²) in [6, 6.07) is 11.5. The second kappa shape index (κ2) is 2.94. The van der Waals surface area contributed by atoms with Crippen molar-refractivity contribution >= 4 is 33.4 Å². The maximum Gasteiger partial charge on any atom is 0.116 e. The van der Waals surface area contributed by atoms with Gasteiger partial charge in [0.2, 0.25) is 0 Å². The highest BCUT2D eigenvalue weighted by molar-refractivity contribution is 14.1. The highest BCUT2D eigenvalue weighted by atomic mass is 127. The maximum atomic E-state index is 9.20. The molecule has 0 unspecified atom stereocenters. The van der Waals surface area contributed by atoms with Gasteiger partial charge in [0.1, 0.15) is 5.75 Å². The maximum absolute atomic E-state index is 9.20. The van der Waals surface area contributed by atoms with E-state index in [9.17, 15) is 5.11 Å². The monoisotopic (exact) mass is 270 g/mol. The largest absolute Gasteiger partial charge is 0.508 e. The lowest BCUT2D eigenvalue weighted by Gasteiger charge is -1.98. The van der Waals surface area contributed by atoms with Crippen molar-refractivity contribution in [2.45, 2.75) is 0 Å². The predicted molar refractivity (Wildman–Crippen MR) is 58.3 cm³/mol. The van der Waals surface area contributed by atoms with E-state index in [-0.39, 0.29) is 0 Å². The first-order valence-corrected chi connectivity index (χ1v) is 4.72. The van der Waals surface area contributed by atoms with Crippen LogP contribution >= 0.6 is 22.6 Å². The number of aromatic hydroxyl groups is 1. The highest BCUT2D eigenvalue weighted by Crippen LogP contribution is 2.21. The van der Waals surface area contributed by atoms with E-state index in [1.807, 2.05) is 18.2 Å². The number of rotatable bonds is 0. The highest BCUT2D eigenvalue weighted by Gasteiger charge is 1.94. The number of fused-ring (bicyclic) bond motifs is 1. The number of halogens is 1. The van der Waals surface area contributed by atoms with Crippen LogP contribution in [0, 0.1) is 3.57 Å². The Labute approximate surface area is 84.2 Å². The number of hydrogen-bond acceptors (Lipinski definition) is 1. The zero-order valence-electron chi connectivity index (χ0n) is 6.29. The van der Waals surface area contributed by atoms with Gasteiger partial charge in [0.25, 0.3) is 0 Å². The fourth-order valence-corrected chi connectivity index (χ4v) is 1.72. The molecule has 2 aromatic rings. The topological polar surface area (TPSA) is 20.2 Å². The van der Waals surface area contributed by atoms with Gasteiger partial charge in [-0.2, -0.15) is 0 Å². The summed E-state index contributed by atoms with van der Waals surface area (Å²) < 4.78 is 1.21. The molecule has 0 aliphatic heterocycles. The molecule has 2 aromatic carbocycles. The van der Waals surface area contributed by atoms with Gasteiger partial charge in [0, 0.05) is 3.57 Å². The summed E-state index contributed by atoms with van der Waals surface area (Å²) in [6.07, 6.45) is 0. The lowest BCUT2D eigenvalue weighted by atomic mass is 10.1. The van der Waals surface area contributed by atoms with Crippen molar-refractivity contribution in [3.05, 3.63) is 40.0 Å². The molecule has 0 spiro atoms. The van der Waals surface area contributed by atoms with Crippen molar-refractivity contribution in [3.8, 4) is 5.75 Å². The Balaban J connectivity index is 2.79. The lowest BCUT2D eigenvalue weighted by Crippen LogP contribution is -1.74. The van der Waals surface area contributed by atoms with Crippen molar-refractivity contribution in [2.75, 3.05) is 0 Å². The number of phenols is 1. The van der Waals surface area contributed by atoms with Crippen LogP contribution in [0.5, 0.6) is 5.75 Å². The zero-order chi connectivity index (χ0) is 8.55. The summed E-state index contributed by atoms with van der Waals surface area (Å²) in [4.78, 5) is 0. The van der Waals surface area contributed by atoms with Crippen LogP contribution in [0.15, 0.2) is 36.4 Å². The molecule has 0 radical (unpaired) electrons. The minimum absolute atomic E-state index is 0.323. The molecule has 0 atom stereocenters. The molecule has 12 heavy (non-hydrogen) atoms. The SMILES string of the molecule is Oc1ccc2cc(I)ccc2c1. The number of benzene rings is 2. The molecule has 1 N–H and O–H groups in total. The average Bonchev–Trinajstić information content (AvgIpc) is 2.05. The summed E-state index contributed by atoms with van der Waals surface area (Å²) >= 11 is 2.27. The van der Waals surface area contributed by atoms with Crippen molar-refractivity contribution in [2.24, 2.45) is 0 Å². The Morgan fingerprint density at radius 3 is 2.42 bits per heavy atom. The van der Waals surface area contributed by atoms with Crippen molar-refractivity contribution in [1.29, 1.82) is 0 Å². The Hall–Kier alpha value is -0.770. The normalized spacial score (nSPS) is 10.4. The Morgan fingerprint density at radius 2 is 1.58 bits per heavy atom. The van der Waals surface area contributed by atoms with Gasteiger partial charge >= 0.3 is 0 Å². The Bertz CT molecular complexity index is 382. The van der Waals surface area contributed by atoms with Crippen LogP contribution in [0.2, 0.25) is 0 Å². The number of hydrogen-bond donors (Lipinski definition) is 1. The first kappa shape index (κ1) is 7.86. The zero-order valence-corrected chi connectivity index (χ0v) is 8.45. The third-order valence-corrected chi connectivity index (χ3v) is 2.46. The van der Waals surface area contributed by atoms with Crippen LogP contribution in [0.3, 0.4) is 0 Å². The van der Waals surface area contributed by atoms with Gasteiger partial charge in [0.05, 0.1) is 0 Å². The third-order valence-electron chi connectivity index (χ3n) is 1.79. The van der Waals surface area contributed by atoms with E-state index in [1.165, 1.54) is 8.96 Å². The van der Waals surface area contributed by atoms with Crippen molar-refractivity contribution < 1.29 is 5.11 Å². The Morgan fingerprint density at radius 1 is 0.917 bits per heavy atom. The first-order valence-electron chi connectivity index (χ1n) is 3.64. The van der Waals surface area contributed by atoms with Crippen LogP contribution in [0.4, 0.5) is 0 Å². The molecule has 0 aliphatic carbocycles. The Kier molecular flexibility index (Phi) is 1.92. The quantitative estimate of drug-likeness (QED) is 0.729. The molecule has 2 heteroatoms. The predicted octanol–water partition coefficient (Wildman–Crippen LogP) is 3.15. The molecule has 60 valence electrons. The van der Waals surface area contributed by atoms with E-state index in [0.717, 1.165) is 5.39 Å². The fourth-order valence-electron chi connectivity index (χ4n) is 1.20. The van der Waals surface area contributed by atoms with Gasteiger partial charge in [-0.05, 0) is 57.6 Å². The van der Waals surface area contributed by atoms with Gasteiger partial charge in [-0.3, -0.25) is 0 Å². The second-order valence-electron chi connectivity index (χ2n) is 2.68. The van der Waals surface area contributed by atoms with E-state index in [2.05, 4.69) is 28.7 Å². The fraction of sp³-hybridized carbons (Fsp3) is 0. The summed E-state index contributed by atoms with van der Waals surface area (Å²) in [5.41, 5.74) is 0. The summed E-state index contributed by atoms with van der Waals surface area (Å²) in [7, 11) is 0. The van der Waals surface area contributed by atoms with E-state index >= 15 is 0 Å². The molecule has 0 amide bonds. The molecule has 0 heterocycles. The molecular weight excluding hydrogens is 263 g/mol. The van der Waals surface area contributed by atoms with Gasteiger partial charge in [0.15, 0.2) is 0 Å². The smallest absolute Gasteiger partial charge is 0.116 e. The second-order valence-corrected chi connectivity index (χ2v) is 3.92. The molecule has 1 nitrogen and oxygen atoms in total. The van der Waals surface area contributed by atoms with Gasteiger partial charge < -0.3 is 5.11 Å². The first-order chi connectivity index (χ1) is 5.75. The average molecular weight is 270 g/mol. The molecule has 2 rings (SSSR count). The molecule has 0 aliphatic rings.